The lowest BCUT2D eigenvalue weighted by Gasteiger charge is -2.24. The standard InChI is InChI=1S/C14H19N3O4/c1-2-20-14(19)11-8-12(16-13(18)9-15)17(21-11)10-6-4-3-5-7-10/h3-7,11-12H,2,8-9,15H2,1H3,(H,16,18)/t11-,12+/m1/s1. The maximum atomic E-state index is 11.8. The lowest BCUT2D eigenvalue weighted by molar-refractivity contribution is -0.154. The number of amides is 1. The molecule has 1 aromatic rings. The van der Waals surface area contributed by atoms with E-state index in [2.05, 4.69) is 5.32 Å². The molecular formula is C14H19N3O4. The van der Waals surface area contributed by atoms with Gasteiger partial charge < -0.3 is 15.8 Å². The van der Waals surface area contributed by atoms with Crippen molar-refractivity contribution in [3.8, 4) is 0 Å². The monoisotopic (exact) mass is 293 g/mol. The molecule has 0 spiro atoms. The molecule has 2 atom stereocenters. The van der Waals surface area contributed by atoms with Crippen LogP contribution in [0.5, 0.6) is 0 Å². The Labute approximate surface area is 122 Å². The van der Waals surface area contributed by atoms with Crippen LogP contribution < -0.4 is 16.1 Å². The molecule has 1 aliphatic rings. The smallest absolute Gasteiger partial charge is 0.338 e. The number of nitrogens with one attached hydrogen (secondary N) is 1. The first-order valence-corrected chi connectivity index (χ1v) is 6.82. The van der Waals surface area contributed by atoms with Gasteiger partial charge in [-0.05, 0) is 19.1 Å². The molecule has 7 heteroatoms. The number of esters is 1. The third kappa shape index (κ3) is 3.71. The number of hydrogen-bond acceptors (Lipinski definition) is 6. The first kappa shape index (κ1) is 15.3. The van der Waals surface area contributed by atoms with Crippen LogP contribution >= 0.6 is 0 Å². The molecule has 1 aliphatic heterocycles. The molecule has 0 radical (unpaired) electrons. The van der Waals surface area contributed by atoms with E-state index in [1.807, 2.05) is 30.3 Å². The number of benzene rings is 1. The number of carbonyl (C=O) groups is 2. The molecule has 21 heavy (non-hydrogen) atoms. The quantitative estimate of drug-likeness (QED) is 0.751. The minimum absolute atomic E-state index is 0.122. The molecule has 0 unspecified atom stereocenters. The van der Waals surface area contributed by atoms with Crippen LogP contribution in [0.15, 0.2) is 30.3 Å². The van der Waals surface area contributed by atoms with E-state index in [1.54, 1.807) is 6.92 Å². The summed E-state index contributed by atoms with van der Waals surface area (Å²) in [5.74, 6) is -0.753. The Balaban J connectivity index is 2.14. The van der Waals surface area contributed by atoms with Crippen molar-refractivity contribution in [1.82, 2.24) is 5.32 Å². The largest absolute Gasteiger partial charge is 0.464 e. The Morgan fingerprint density at radius 1 is 1.43 bits per heavy atom. The second-order valence-corrected chi connectivity index (χ2v) is 4.53. The van der Waals surface area contributed by atoms with E-state index in [-0.39, 0.29) is 19.1 Å². The first-order valence-electron chi connectivity index (χ1n) is 6.82. The SMILES string of the molecule is CCOC(=O)[C@H]1C[C@@H](NC(=O)CN)N(c2ccccc2)O1. The summed E-state index contributed by atoms with van der Waals surface area (Å²) in [5.41, 5.74) is 6.06. The Morgan fingerprint density at radius 3 is 2.76 bits per heavy atom. The Morgan fingerprint density at radius 2 is 2.14 bits per heavy atom. The van der Waals surface area contributed by atoms with Crippen LogP contribution in [0.4, 0.5) is 5.69 Å². The van der Waals surface area contributed by atoms with E-state index in [4.69, 9.17) is 15.3 Å². The van der Waals surface area contributed by atoms with Gasteiger partial charge in [0, 0.05) is 6.42 Å². The van der Waals surface area contributed by atoms with Crippen LogP contribution in [0.3, 0.4) is 0 Å². The highest BCUT2D eigenvalue weighted by Gasteiger charge is 2.39. The third-order valence-electron chi connectivity index (χ3n) is 3.03. The summed E-state index contributed by atoms with van der Waals surface area (Å²) >= 11 is 0. The molecule has 1 saturated heterocycles. The van der Waals surface area contributed by atoms with Crippen molar-refractivity contribution in [3.05, 3.63) is 30.3 Å². The summed E-state index contributed by atoms with van der Waals surface area (Å²) in [4.78, 5) is 28.9. The number of anilines is 1. The van der Waals surface area contributed by atoms with Crippen molar-refractivity contribution in [2.45, 2.75) is 25.6 Å². The zero-order chi connectivity index (χ0) is 15.2. The van der Waals surface area contributed by atoms with E-state index >= 15 is 0 Å². The van der Waals surface area contributed by atoms with Crippen molar-refractivity contribution in [3.63, 3.8) is 0 Å². The summed E-state index contributed by atoms with van der Waals surface area (Å²) < 4.78 is 4.96. The third-order valence-corrected chi connectivity index (χ3v) is 3.03. The molecule has 1 heterocycles. The lowest BCUT2D eigenvalue weighted by Crippen LogP contribution is -2.46. The van der Waals surface area contributed by atoms with Crippen molar-refractivity contribution in [2.75, 3.05) is 18.2 Å². The average molecular weight is 293 g/mol. The molecule has 0 bridgehead atoms. The highest BCUT2D eigenvalue weighted by Crippen LogP contribution is 2.27. The number of hydrogen-bond donors (Lipinski definition) is 2. The summed E-state index contributed by atoms with van der Waals surface area (Å²) in [6.07, 6.45) is -0.898. The Hall–Kier alpha value is -2.12. The Kier molecular flexibility index (Phi) is 5.13. The van der Waals surface area contributed by atoms with Crippen LogP contribution in [0, 0.1) is 0 Å². The number of nitrogens with two attached hydrogens (primary N) is 1. The van der Waals surface area contributed by atoms with Gasteiger partial charge in [0.05, 0.1) is 18.8 Å². The highest BCUT2D eigenvalue weighted by molar-refractivity contribution is 5.79. The topological polar surface area (TPSA) is 93.9 Å². The first-order chi connectivity index (χ1) is 10.2. The van der Waals surface area contributed by atoms with E-state index in [0.717, 1.165) is 5.69 Å². The summed E-state index contributed by atoms with van der Waals surface area (Å²) in [6, 6.07) is 9.22. The van der Waals surface area contributed by atoms with Gasteiger partial charge in [-0.1, -0.05) is 18.2 Å². The van der Waals surface area contributed by atoms with Crippen LogP contribution in [0.25, 0.3) is 0 Å². The second-order valence-electron chi connectivity index (χ2n) is 4.53. The molecule has 114 valence electrons. The van der Waals surface area contributed by atoms with E-state index in [9.17, 15) is 9.59 Å². The number of carbonyl (C=O) groups excluding carboxylic acids is 2. The van der Waals surface area contributed by atoms with E-state index in [1.165, 1.54) is 5.06 Å². The number of nitrogens with zero attached hydrogens (tertiary/aromatic N) is 1. The highest BCUT2D eigenvalue weighted by atomic mass is 16.7. The number of para-hydroxylation sites is 1. The summed E-state index contributed by atoms with van der Waals surface area (Å²) in [7, 11) is 0. The van der Waals surface area contributed by atoms with Crippen LogP contribution in [-0.4, -0.2) is 37.3 Å². The maximum absolute atomic E-state index is 11.8. The summed E-state index contributed by atoms with van der Waals surface area (Å²) in [6.45, 7) is 1.89. The lowest BCUT2D eigenvalue weighted by atomic mass is 10.2. The van der Waals surface area contributed by atoms with Crippen LogP contribution in [-0.2, 0) is 19.2 Å². The van der Waals surface area contributed by atoms with Gasteiger partial charge in [0.25, 0.3) is 0 Å². The number of hydroxylamine groups is 1. The molecule has 7 nitrogen and oxygen atoms in total. The molecule has 0 aliphatic carbocycles. The molecule has 1 aromatic carbocycles. The molecule has 0 saturated carbocycles. The van der Waals surface area contributed by atoms with Gasteiger partial charge in [0.15, 0.2) is 6.10 Å². The minimum atomic E-state index is -0.742. The van der Waals surface area contributed by atoms with Gasteiger partial charge in [-0.15, -0.1) is 0 Å². The molecule has 1 fully saturated rings. The zero-order valence-corrected chi connectivity index (χ0v) is 11.8. The van der Waals surface area contributed by atoms with Crippen LogP contribution in [0.2, 0.25) is 0 Å². The average Bonchev–Trinajstić information content (AvgIpc) is 2.92. The minimum Gasteiger partial charge on any atom is -0.464 e. The van der Waals surface area contributed by atoms with Gasteiger partial charge >= 0.3 is 5.97 Å². The van der Waals surface area contributed by atoms with Gasteiger partial charge in [-0.2, -0.15) is 0 Å². The fourth-order valence-corrected chi connectivity index (χ4v) is 2.10. The molecular weight excluding hydrogens is 274 g/mol. The fourth-order valence-electron chi connectivity index (χ4n) is 2.10. The molecule has 3 N–H and O–H groups in total. The second kappa shape index (κ2) is 7.05. The fraction of sp³-hybridized carbons (Fsp3) is 0.429. The van der Waals surface area contributed by atoms with Gasteiger partial charge in [-0.25, -0.2) is 9.86 Å². The maximum Gasteiger partial charge on any atom is 0.338 e. The van der Waals surface area contributed by atoms with Crippen molar-refractivity contribution < 1.29 is 19.2 Å². The van der Waals surface area contributed by atoms with E-state index < -0.39 is 18.2 Å². The van der Waals surface area contributed by atoms with Crippen molar-refractivity contribution in [1.29, 1.82) is 0 Å². The predicted octanol–water partition coefficient (Wildman–Crippen LogP) is 0.161. The molecule has 1 amide bonds. The normalized spacial score (nSPS) is 21.1. The molecule has 0 aromatic heterocycles. The van der Waals surface area contributed by atoms with Crippen molar-refractivity contribution >= 4 is 17.6 Å². The van der Waals surface area contributed by atoms with Crippen molar-refractivity contribution in [2.24, 2.45) is 5.73 Å². The summed E-state index contributed by atoms with van der Waals surface area (Å²) in [5, 5.41) is 4.24. The van der Waals surface area contributed by atoms with Gasteiger partial charge in [-0.3, -0.25) is 9.63 Å². The number of ether oxygens (including phenoxy) is 1. The zero-order valence-electron chi connectivity index (χ0n) is 11.8. The van der Waals surface area contributed by atoms with Gasteiger partial charge in [0.2, 0.25) is 5.91 Å². The van der Waals surface area contributed by atoms with Gasteiger partial charge in [0.1, 0.15) is 6.17 Å². The van der Waals surface area contributed by atoms with Crippen LogP contribution in [0.1, 0.15) is 13.3 Å². The predicted molar refractivity (Wildman–Crippen MR) is 76.0 cm³/mol. The Bertz CT molecular complexity index is 494. The number of rotatable bonds is 5. The molecule has 2 rings (SSSR count). The van der Waals surface area contributed by atoms with E-state index in [0.29, 0.717) is 6.42 Å².